The third-order valence-electron chi connectivity index (χ3n) is 3.36. The van der Waals surface area contributed by atoms with Crippen molar-refractivity contribution in [3.63, 3.8) is 0 Å². The highest BCUT2D eigenvalue weighted by atomic mass is 32.1. The summed E-state index contributed by atoms with van der Waals surface area (Å²) in [7, 11) is 0. The second kappa shape index (κ2) is 6.34. The van der Waals surface area contributed by atoms with Crippen molar-refractivity contribution in [3.8, 4) is 16.5 Å². The summed E-state index contributed by atoms with van der Waals surface area (Å²) in [6.45, 7) is 0. The fourth-order valence-electron chi connectivity index (χ4n) is 2.19. The third-order valence-corrected chi connectivity index (χ3v) is 4.28. The molecule has 1 amide bonds. The summed E-state index contributed by atoms with van der Waals surface area (Å²) in [6, 6.07) is 18.1. The van der Waals surface area contributed by atoms with E-state index in [4.69, 9.17) is 11.0 Å². The second-order valence-corrected chi connectivity index (χ2v) is 5.87. The van der Waals surface area contributed by atoms with Gasteiger partial charge in [-0.15, -0.1) is 11.3 Å². The van der Waals surface area contributed by atoms with Crippen LogP contribution in [0.25, 0.3) is 10.4 Å². The minimum absolute atomic E-state index is 0.294. The van der Waals surface area contributed by atoms with Crippen LogP contribution in [0.5, 0.6) is 0 Å². The summed E-state index contributed by atoms with van der Waals surface area (Å²) in [6.07, 6.45) is 0. The van der Waals surface area contributed by atoms with Crippen LogP contribution in [0.2, 0.25) is 0 Å². The van der Waals surface area contributed by atoms with E-state index in [1.165, 1.54) is 0 Å². The zero-order valence-electron chi connectivity index (χ0n) is 12.1. The lowest BCUT2D eigenvalue weighted by atomic mass is 10.1. The molecule has 1 heterocycles. The number of carbonyl (C=O) groups is 1. The Morgan fingerprint density at radius 1 is 1.13 bits per heavy atom. The van der Waals surface area contributed by atoms with Crippen LogP contribution in [0.3, 0.4) is 0 Å². The van der Waals surface area contributed by atoms with Gasteiger partial charge in [0, 0.05) is 10.4 Å². The first-order valence-corrected chi connectivity index (χ1v) is 7.80. The number of nitrogens with two attached hydrogens (primary N) is 1. The minimum atomic E-state index is -0.294. The number of rotatable bonds is 3. The largest absolute Gasteiger partial charge is 0.397 e. The van der Waals surface area contributed by atoms with Crippen molar-refractivity contribution in [2.75, 3.05) is 11.1 Å². The monoisotopic (exact) mass is 319 g/mol. The molecule has 0 aliphatic carbocycles. The number of hydrogen-bond acceptors (Lipinski definition) is 4. The van der Waals surface area contributed by atoms with E-state index in [1.54, 1.807) is 41.7 Å². The van der Waals surface area contributed by atoms with Crippen molar-refractivity contribution in [1.82, 2.24) is 0 Å². The Morgan fingerprint density at radius 3 is 2.74 bits per heavy atom. The maximum absolute atomic E-state index is 12.4. The van der Waals surface area contributed by atoms with Gasteiger partial charge < -0.3 is 11.1 Å². The van der Waals surface area contributed by atoms with Gasteiger partial charge in [-0.1, -0.05) is 18.2 Å². The average Bonchev–Trinajstić information content (AvgIpc) is 3.11. The maximum atomic E-state index is 12.4. The number of nitriles is 1. The highest BCUT2D eigenvalue weighted by molar-refractivity contribution is 7.13. The van der Waals surface area contributed by atoms with E-state index in [9.17, 15) is 4.79 Å². The molecular weight excluding hydrogens is 306 g/mol. The van der Waals surface area contributed by atoms with E-state index in [2.05, 4.69) is 5.32 Å². The van der Waals surface area contributed by atoms with Gasteiger partial charge in [0.1, 0.15) is 0 Å². The second-order valence-electron chi connectivity index (χ2n) is 4.93. The molecule has 0 atom stereocenters. The zero-order chi connectivity index (χ0) is 16.2. The quantitative estimate of drug-likeness (QED) is 0.713. The molecule has 112 valence electrons. The van der Waals surface area contributed by atoms with Gasteiger partial charge in [-0.2, -0.15) is 5.26 Å². The van der Waals surface area contributed by atoms with E-state index in [0.717, 1.165) is 10.4 Å². The van der Waals surface area contributed by atoms with Gasteiger partial charge in [-0.3, -0.25) is 4.79 Å². The Hall–Kier alpha value is -3.10. The Balaban J connectivity index is 1.89. The van der Waals surface area contributed by atoms with Crippen molar-refractivity contribution >= 4 is 28.6 Å². The van der Waals surface area contributed by atoms with Gasteiger partial charge >= 0.3 is 0 Å². The number of nitrogens with one attached hydrogen (secondary N) is 1. The van der Waals surface area contributed by atoms with Gasteiger partial charge in [0.15, 0.2) is 0 Å². The van der Waals surface area contributed by atoms with Gasteiger partial charge in [-0.05, 0) is 47.3 Å². The summed E-state index contributed by atoms with van der Waals surface area (Å²) in [4.78, 5) is 13.5. The first kappa shape index (κ1) is 14.8. The number of nitrogen functional groups attached to an aromatic ring is 1. The number of benzene rings is 2. The van der Waals surface area contributed by atoms with Crippen LogP contribution >= 0.6 is 11.3 Å². The molecule has 3 rings (SSSR count). The zero-order valence-corrected chi connectivity index (χ0v) is 12.9. The van der Waals surface area contributed by atoms with Gasteiger partial charge in [-0.25, -0.2) is 0 Å². The van der Waals surface area contributed by atoms with E-state index < -0.39 is 0 Å². The minimum Gasteiger partial charge on any atom is -0.397 e. The topological polar surface area (TPSA) is 78.9 Å². The van der Waals surface area contributed by atoms with Crippen LogP contribution in [0, 0.1) is 11.3 Å². The molecule has 1 aromatic heterocycles. The van der Waals surface area contributed by atoms with Crippen molar-refractivity contribution in [2.45, 2.75) is 0 Å². The summed E-state index contributed by atoms with van der Waals surface area (Å²) >= 11 is 1.62. The molecule has 0 bridgehead atoms. The lowest BCUT2D eigenvalue weighted by Crippen LogP contribution is -2.13. The Labute approximate surface area is 137 Å². The van der Waals surface area contributed by atoms with Gasteiger partial charge in [0.05, 0.1) is 23.0 Å². The fraction of sp³-hybridized carbons (Fsp3) is 0. The molecule has 3 aromatic rings. The molecule has 4 nitrogen and oxygen atoms in total. The van der Waals surface area contributed by atoms with Crippen LogP contribution in [0.4, 0.5) is 11.4 Å². The molecular formula is C18H13N3OS. The van der Waals surface area contributed by atoms with Crippen LogP contribution in [0.15, 0.2) is 60.0 Å². The number of nitrogens with zero attached hydrogens (tertiary/aromatic N) is 1. The van der Waals surface area contributed by atoms with Crippen LogP contribution in [-0.4, -0.2) is 5.91 Å². The van der Waals surface area contributed by atoms with E-state index in [0.29, 0.717) is 22.5 Å². The molecule has 0 aliphatic heterocycles. The molecule has 0 unspecified atom stereocenters. The molecule has 0 aliphatic rings. The van der Waals surface area contributed by atoms with E-state index in [-0.39, 0.29) is 5.91 Å². The van der Waals surface area contributed by atoms with Crippen molar-refractivity contribution < 1.29 is 4.79 Å². The number of thiophene rings is 1. The smallest absolute Gasteiger partial charge is 0.255 e. The van der Waals surface area contributed by atoms with Crippen LogP contribution < -0.4 is 11.1 Å². The van der Waals surface area contributed by atoms with Gasteiger partial charge in [0.25, 0.3) is 5.91 Å². The van der Waals surface area contributed by atoms with Crippen LogP contribution in [0.1, 0.15) is 15.9 Å². The highest BCUT2D eigenvalue weighted by Crippen LogP contribution is 2.30. The average molecular weight is 319 g/mol. The number of anilines is 2. The first-order valence-electron chi connectivity index (χ1n) is 6.92. The first-order chi connectivity index (χ1) is 11.2. The Morgan fingerprint density at radius 2 is 2.00 bits per heavy atom. The van der Waals surface area contributed by atoms with E-state index in [1.807, 2.05) is 35.7 Å². The molecule has 2 aromatic carbocycles. The van der Waals surface area contributed by atoms with E-state index >= 15 is 0 Å². The lowest BCUT2D eigenvalue weighted by molar-refractivity contribution is 0.102. The SMILES string of the molecule is N#Cc1cccc(C(=O)Nc2cc(-c3cccs3)ccc2N)c1. The summed E-state index contributed by atoms with van der Waals surface area (Å²) in [5.74, 6) is -0.294. The molecule has 3 N–H and O–H groups in total. The molecule has 23 heavy (non-hydrogen) atoms. The molecule has 0 radical (unpaired) electrons. The third kappa shape index (κ3) is 3.23. The molecule has 5 heteroatoms. The molecule has 0 saturated carbocycles. The normalized spacial score (nSPS) is 10.0. The predicted molar refractivity (Wildman–Crippen MR) is 93.3 cm³/mol. The number of carbonyl (C=O) groups excluding carboxylic acids is 1. The standard InChI is InChI=1S/C18H13N3OS/c19-11-12-3-1-4-14(9-12)18(22)21-16-10-13(6-7-15(16)20)17-5-2-8-23-17/h1-10H,20H2,(H,21,22). The van der Waals surface area contributed by atoms with Crippen LogP contribution in [-0.2, 0) is 0 Å². The molecule has 0 fully saturated rings. The highest BCUT2D eigenvalue weighted by Gasteiger charge is 2.10. The predicted octanol–water partition coefficient (Wildman–Crippen LogP) is 4.12. The maximum Gasteiger partial charge on any atom is 0.255 e. The molecule has 0 saturated heterocycles. The summed E-state index contributed by atoms with van der Waals surface area (Å²) in [5.41, 5.74) is 8.88. The number of hydrogen-bond donors (Lipinski definition) is 2. The number of amides is 1. The Kier molecular flexibility index (Phi) is 4.09. The molecule has 0 spiro atoms. The van der Waals surface area contributed by atoms with Crippen molar-refractivity contribution in [3.05, 3.63) is 71.1 Å². The summed E-state index contributed by atoms with van der Waals surface area (Å²) < 4.78 is 0. The van der Waals surface area contributed by atoms with Crippen molar-refractivity contribution in [2.24, 2.45) is 0 Å². The Bertz CT molecular complexity index is 895. The van der Waals surface area contributed by atoms with Gasteiger partial charge in [0.2, 0.25) is 0 Å². The lowest BCUT2D eigenvalue weighted by Gasteiger charge is -2.10. The summed E-state index contributed by atoms with van der Waals surface area (Å²) in [5, 5.41) is 13.7. The van der Waals surface area contributed by atoms with Crippen molar-refractivity contribution in [1.29, 1.82) is 5.26 Å². The fourth-order valence-corrected chi connectivity index (χ4v) is 2.91.